The Morgan fingerprint density at radius 3 is 2.58 bits per heavy atom. The van der Waals surface area contributed by atoms with Crippen molar-refractivity contribution in [3.05, 3.63) is 88.4 Å². The van der Waals surface area contributed by atoms with Crippen LogP contribution in [0.4, 0.5) is 5.69 Å². The maximum absolute atomic E-state index is 13.1. The van der Waals surface area contributed by atoms with Crippen LogP contribution < -0.4 is 10.9 Å². The van der Waals surface area contributed by atoms with Crippen molar-refractivity contribution in [2.45, 2.75) is 18.9 Å². The Labute approximate surface area is 178 Å². The number of hydrogen-bond acceptors (Lipinski definition) is 5. The molecule has 2 atom stereocenters. The lowest BCUT2D eigenvalue weighted by molar-refractivity contribution is 0.0588. The predicted molar refractivity (Wildman–Crippen MR) is 114 cm³/mol. The third-order valence-corrected chi connectivity index (χ3v) is 5.97. The van der Waals surface area contributed by atoms with Crippen molar-refractivity contribution >= 4 is 17.5 Å². The first-order chi connectivity index (χ1) is 15.1. The van der Waals surface area contributed by atoms with E-state index in [9.17, 15) is 14.4 Å². The quantitative estimate of drug-likeness (QED) is 0.707. The molecule has 156 valence electrons. The second-order valence-electron chi connectivity index (χ2n) is 8.00. The third-order valence-electron chi connectivity index (χ3n) is 5.97. The van der Waals surface area contributed by atoms with Crippen LogP contribution in [0, 0.1) is 5.92 Å². The van der Waals surface area contributed by atoms with E-state index < -0.39 is 0 Å². The van der Waals surface area contributed by atoms with Gasteiger partial charge in [-0.25, -0.2) is 0 Å². The van der Waals surface area contributed by atoms with E-state index >= 15 is 0 Å². The standard InChI is InChI=1S/C23H21N5O3/c29-21(16-6-9-24-10-7-16)26-19-4-5-20-17-11-15(13-28(20)23(19)31)12-27(14-17)22(30)18-3-1-2-8-25-18/h1-10,15,17H,11-14H2,(H,26,29)/t15-,17+/m0/s1. The molecule has 0 unspecified atom stereocenters. The summed E-state index contributed by atoms with van der Waals surface area (Å²) in [5.74, 6) is -0.156. The number of aromatic nitrogens is 3. The maximum Gasteiger partial charge on any atom is 0.274 e. The van der Waals surface area contributed by atoms with Crippen LogP contribution >= 0.6 is 0 Å². The summed E-state index contributed by atoms with van der Waals surface area (Å²) in [6.07, 6.45) is 5.63. The molecule has 3 aromatic heterocycles. The van der Waals surface area contributed by atoms with Gasteiger partial charge in [-0.05, 0) is 48.7 Å². The Morgan fingerprint density at radius 1 is 0.968 bits per heavy atom. The van der Waals surface area contributed by atoms with Crippen molar-refractivity contribution in [3.8, 4) is 0 Å². The molecular weight excluding hydrogens is 394 g/mol. The molecule has 1 saturated heterocycles. The molecule has 0 spiro atoms. The van der Waals surface area contributed by atoms with Crippen LogP contribution in [0.2, 0.25) is 0 Å². The number of fused-ring (bicyclic) bond motifs is 4. The van der Waals surface area contributed by atoms with E-state index in [1.807, 2.05) is 17.0 Å². The van der Waals surface area contributed by atoms with Crippen LogP contribution in [0.15, 0.2) is 65.8 Å². The molecule has 5 heterocycles. The van der Waals surface area contributed by atoms with Gasteiger partial charge in [0, 0.05) is 55.4 Å². The fraction of sp³-hybridized carbons (Fsp3) is 0.261. The molecule has 0 saturated carbocycles. The molecule has 8 nitrogen and oxygen atoms in total. The molecule has 1 N–H and O–H groups in total. The van der Waals surface area contributed by atoms with Crippen molar-refractivity contribution in [1.29, 1.82) is 0 Å². The Bertz CT molecular complexity index is 1190. The van der Waals surface area contributed by atoms with Crippen molar-refractivity contribution in [2.75, 3.05) is 18.4 Å². The van der Waals surface area contributed by atoms with Crippen molar-refractivity contribution < 1.29 is 9.59 Å². The van der Waals surface area contributed by atoms with Crippen LogP contribution in [0.1, 0.15) is 38.9 Å². The Balaban J connectivity index is 1.39. The minimum atomic E-state index is -0.344. The summed E-state index contributed by atoms with van der Waals surface area (Å²) in [7, 11) is 0. The lowest BCUT2D eigenvalue weighted by Crippen LogP contribution is -2.49. The summed E-state index contributed by atoms with van der Waals surface area (Å²) in [6.45, 7) is 1.66. The zero-order valence-electron chi connectivity index (χ0n) is 16.8. The molecule has 1 fully saturated rings. The number of likely N-dealkylation sites (tertiary alicyclic amines) is 1. The molecule has 2 amide bonds. The number of nitrogens with zero attached hydrogens (tertiary/aromatic N) is 4. The number of piperidine rings is 1. The molecule has 2 aliphatic heterocycles. The highest BCUT2D eigenvalue weighted by atomic mass is 16.2. The predicted octanol–water partition coefficient (Wildman–Crippen LogP) is 2.15. The molecule has 0 aliphatic carbocycles. The van der Waals surface area contributed by atoms with Gasteiger partial charge in [-0.1, -0.05) is 6.07 Å². The van der Waals surface area contributed by atoms with Gasteiger partial charge in [0.15, 0.2) is 0 Å². The molecule has 0 radical (unpaired) electrons. The fourth-order valence-corrected chi connectivity index (χ4v) is 4.56. The average molecular weight is 415 g/mol. The van der Waals surface area contributed by atoms with Crippen LogP contribution in [0.3, 0.4) is 0 Å². The first-order valence-corrected chi connectivity index (χ1v) is 10.3. The highest BCUT2D eigenvalue weighted by Gasteiger charge is 2.37. The third kappa shape index (κ3) is 3.61. The van der Waals surface area contributed by atoms with Gasteiger partial charge in [0.1, 0.15) is 11.4 Å². The van der Waals surface area contributed by atoms with E-state index in [1.54, 1.807) is 41.1 Å². The van der Waals surface area contributed by atoms with Gasteiger partial charge in [-0.3, -0.25) is 24.4 Å². The van der Waals surface area contributed by atoms with Crippen LogP contribution in [-0.4, -0.2) is 44.3 Å². The number of anilines is 1. The largest absolute Gasteiger partial charge is 0.336 e. The Morgan fingerprint density at radius 2 is 1.81 bits per heavy atom. The highest BCUT2D eigenvalue weighted by Crippen LogP contribution is 2.35. The highest BCUT2D eigenvalue weighted by molar-refractivity contribution is 6.04. The maximum atomic E-state index is 13.1. The number of amides is 2. The minimum Gasteiger partial charge on any atom is -0.336 e. The lowest BCUT2D eigenvalue weighted by Gasteiger charge is -2.42. The zero-order chi connectivity index (χ0) is 21.4. The second-order valence-corrected chi connectivity index (χ2v) is 8.00. The van der Waals surface area contributed by atoms with E-state index in [0.29, 0.717) is 30.9 Å². The van der Waals surface area contributed by atoms with Crippen molar-refractivity contribution in [2.24, 2.45) is 5.92 Å². The van der Waals surface area contributed by atoms with Crippen LogP contribution in [0.25, 0.3) is 0 Å². The summed E-state index contributed by atoms with van der Waals surface area (Å²) >= 11 is 0. The van der Waals surface area contributed by atoms with Crippen molar-refractivity contribution in [1.82, 2.24) is 19.4 Å². The molecule has 31 heavy (non-hydrogen) atoms. The summed E-state index contributed by atoms with van der Waals surface area (Å²) in [4.78, 5) is 48.3. The molecule has 8 heteroatoms. The number of carbonyl (C=O) groups excluding carboxylic acids is 2. The molecule has 2 bridgehead atoms. The van der Waals surface area contributed by atoms with E-state index in [0.717, 1.165) is 12.1 Å². The fourth-order valence-electron chi connectivity index (χ4n) is 4.56. The van der Waals surface area contributed by atoms with E-state index in [1.165, 1.54) is 12.4 Å². The first kappa shape index (κ1) is 19.2. The normalized spacial score (nSPS) is 19.4. The van der Waals surface area contributed by atoms with Gasteiger partial charge < -0.3 is 14.8 Å². The summed E-state index contributed by atoms with van der Waals surface area (Å²) in [6, 6.07) is 12.1. The van der Waals surface area contributed by atoms with Gasteiger partial charge in [0.25, 0.3) is 17.4 Å². The summed E-state index contributed by atoms with van der Waals surface area (Å²) in [5, 5.41) is 2.72. The van der Waals surface area contributed by atoms with E-state index in [-0.39, 0.29) is 34.9 Å². The molecular formula is C23H21N5O3. The molecule has 0 aromatic carbocycles. The smallest absolute Gasteiger partial charge is 0.274 e. The van der Waals surface area contributed by atoms with Gasteiger partial charge in [0.05, 0.1) is 0 Å². The first-order valence-electron chi connectivity index (χ1n) is 10.3. The van der Waals surface area contributed by atoms with E-state index in [2.05, 4.69) is 15.3 Å². The summed E-state index contributed by atoms with van der Waals surface area (Å²) < 4.78 is 1.75. The zero-order valence-corrected chi connectivity index (χ0v) is 16.8. The lowest BCUT2D eigenvalue weighted by atomic mass is 9.83. The Hall–Kier alpha value is -3.81. The Kier molecular flexibility index (Phi) is 4.82. The molecule has 3 aromatic rings. The molecule has 2 aliphatic rings. The monoisotopic (exact) mass is 415 g/mol. The van der Waals surface area contributed by atoms with Gasteiger partial charge in [-0.15, -0.1) is 0 Å². The number of hydrogen-bond donors (Lipinski definition) is 1. The summed E-state index contributed by atoms with van der Waals surface area (Å²) in [5.41, 5.74) is 1.83. The topological polar surface area (TPSA) is 97.2 Å². The molecule has 5 rings (SSSR count). The van der Waals surface area contributed by atoms with E-state index in [4.69, 9.17) is 0 Å². The van der Waals surface area contributed by atoms with Crippen LogP contribution in [-0.2, 0) is 6.54 Å². The second kappa shape index (κ2) is 7.79. The minimum absolute atomic E-state index is 0.0765. The van der Waals surface area contributed by atoms with Crippen LogP contribution in [0.5, 0.6) is 0 Å². The van der Waals surface area contributed by atoms with Gasteiger partial charge in [-0.2, -0.15) is 0 Å². The number of rotatable bonds is 3. The average Bonchev–Trinajstić information content (AvgIpc) is 2.81. The van der Waals surface area contributed by atoms with Gasteiger partial charge >= 0.3 is 0 Å². The number of nitrogens with one attached hydrogen (secondary N) is 1. The SMILES string of the molecule is O=C(Nc1ccc2n(c1=O)C[C@H]1C[C@@H]2CN(C(=O)c2ccccn2)C1)c1ccncc1. The number of carbonyl (C=O) groups is 2. The van der Waals surface area contributed by atoms with Gasteiger partial charge in [0.2, 0.25) is 0 Å². The number of pyridine rings is 3. The van der Waals surface area contributed by atoms with Crippen molar-refractivity contribution in [3.63, 3.8) is 0 Å².